The number of aliphatic hydroxyl groups is 1. The van der Waals surface area contributed by atoms with Crippen LogP contribution in [0.15, 0.2) is 22.8 Å². The highest BCUT2D eigenvalue weighted by atomic mass is 16.4. The Morgan fingerprint density at radius 1 is 1.56 bits per heavy atom. The molecule has 18 heavy (non-hydrogen) atoms. The van der Waals surface area contributed by atoms with Crippen LogP contribution in [0.3, 0.4) is 0 Å². The van der Waals surface area contributed by atoms with E-state index in [1.165, 1.54) is 6.26 Å². The Morgan fingerprint density at radius 3 is 2.89 bits per heavy atom. The first-order valence-corrected chi connectivity index (χ1v) is 6.42. The van der Waals surface area contributed by atoms with Crippen LogP contribution in [0.1, 0.15) is 31.6 Å². The molecule has 1 amide bonds. The van der Waals surface area contributed by atoms with Crippen LogP contribution >= 0.6 is 0 Å². The van der Waals surface area contributed by atoms with Gasteiger partial charge in [-0.2, -0.15) is 0 Å². The third kappa shape index (κ3) is 3.11. The first kappa shape index (κ1) is 13.1. The summed E-state index contributed by atoms with van der Waals surface area (Å²) in [6.07, 6.45) is 2.99. The topological polar surface area (TPSA) is 65.7 Å². The molecule has 0 radical (unpaired) electrons. The quantitative estimate of drug-likeness (QED) is 0.817. The lowest BCUT2D eigenvalue weighted by atomic mass is 10.2. The summed E-state index contributed by atoms with van der Waals surface area (Å²) in [4.78, 5) is 13.9. The minimum Gasteiger partial charge on any atom is -0.467 e. The number of nitrogens with zero attached hydrogens (tertiary/aromatic N) is 1. The van der Waals surface area contributed by atoms with Gasteiger partial charge >= 0.3 is 0 Å². The van der Waals surface area contributed by atoms with E-state index in [-0.39, 0.29) is 11.9 Å². The summed E-state index contributed by atoms with van der Waals surface area (Å²) in [5, 5.41) is 12.9. The highest BCUT2D eigenvalue weighted by molar-refractivity contribution is 5.81. The van der Waals surface area contributed by atoms with Crippen LogP contribution in [-0.4, -0.2) is 41.6 Å². The van der Waals surface area contributed by atoms with Crippen molar-refractivity contribution in [2.24, 2.45) is 0 Å². The van der Waals surface area contributed by atoms with Crippen molar-refractivity contribution in [1.29, 1.82) is 0 Å². The normalized spacial score (nSPS) is 18.9. The second-order valence-electron chi connectivity index (χ2n) is 4.69. The molecule has 0 spiro atoms. The standard InChI is InChI=1S/C13H20N2O3/c1-10(13(17)15-6-2-3-7-15)14-9-11(16)12-5-4-8-18-12/h4-5,8,10-11,14,16H,2-3,6-7,9H2,1H3. The molecular weight excluding hydrogens is 232 g/mol. The number of hydrogen-bond donors (Lipinski definition) is 2. The molecule has 100 valence electrons. The van der Waals surface area contributed by atoms with Crippen molar-refractivity contribution in [3.05, 3.63) is 24.2 Å². The van der Waals surface area contributed by atoms with Crippen LogP contribution in [0, 0.1) is 0 Å². The van der Waals surface area contributed by atoms with Crippen LogP contribution in [0.25, 0.3) is 0 Å². The molecule has 1 aromatic rings. The maximum Gasteiger partial charge on any atom is 0.239 e. The average Bonchev–Trinajstić information content (AvgIpc) is 3.05. The van der Waals surface area contributed by atoms with E-state index in [1.807, 2.05) is 11.8 Å². The summed E-state index contributed by atoms with van der Waals surface area (Å²) >= 11 is 0. The first-order valence-electron chi connectivity index (χ1n) is 6.42. The molecule has 1 saturated heterocycles. The molecular formula is C13H20N2O3. The number of hydrogen-bond acceptors (Lipinski definition) is 4. The molecule has 5 heteroatoms. The van der Waals surface area contributed by atoms with Gasteiger partial charge in [0.2, 0.25) is 5.91 Å². The van der Waals surface area contributed by atoms with E-state index < -0.39 is 6.10 Å². The summed E-state index contributed by atoms with van der Waals surface area (Å²) in [6.45, 7) is 3.85. The zero-order valence-corrected chi connectivity index (χ0v) is 10.6. The van der Waals surface area contributed by atoms with Crippen LogP contribution in [0.5, 0.6) is 0 Å². The molecule has 2 rings (SSSR count). The van der Waals surface area contributed by atoms with Crippen molar-refractivity contribution >= 4 is 5.91 Å². The summed E-state index contributed by atoms with van der Waals surface area (Å²) in [6, 6.07) is 3.18. The number of carbonyl (C=O) groups excluding carboxylic acids is 1. The third-order valence-corrected chi connectivity index (χ3v) is 3.28. The minimum atomic E-state index is -0.714. The van der Waals surface area contributed by atoms with Crippen LogP contribution in [0.4, 0.5) is 0 Å². The number of carbonyl (C=O) groups is 1. The van der Waals surface area contributed by atoms with E-state index in [4.69, 9.17) is 4.42 Å². The van der Waals surface area contributed by atoms with Gasteiger partial charge < -0.3 is 19.7 Å². The van der Waals surface area contributed by atoms with Crippen molar-refractivity contribution in [2.75, 3.05) is 19.6 Å². The summed E-state index contributed by atoms with van der Waals surface area (Å²) < 4.78 is 5.10. The van der Waals surface area contributed by atoms with Gasteiger partial charge in [-0.05, 0) is 31.9 Å². The molecule has 0 aliphatic carbocycles. The lowest BCUT2D eigenvalue weighted by Crippen LogP contribution is -2.44. The Kier molecular flexibility index (Phi) is 4.38. The van der Waals surface area contributed by atoms with Gasteiger partial charge in [-0.15, -0.1) is 0 Å². The van der Waals surface area contributed by atoms with Gasteiger partial charge in [0, 0.05) is 19.6 Å². The zero-order valence-electron chi connectivity index (χ0n) is 10.6. The van der Waals surface area contributed by atoms with Gasteiger partial charge in [-0.3, -0.25) is 4.79 Å². The molecule has 1 aliphatic rings. The van der Waals surface area contributed by atoms with Gasteiger partial charge in [0.1, 0.15) is 11.9 Å². The molecule has 2 N–H and O–H groups in total. The number of amides is 1. The number of furan rings is 1. The molecule has 5 nitrogen and oxygen atoms in total. The van der Waals surface area contributed by atoms with Crippen molar-refractivity contribution in [3.8, 4) is 0 Å². The highest BCUT2D eigenvalue weighted by Crippen LogP contribution is 2.13. The maximum absolute atomic E-state index is 12.0. The van der Waals surface area contributed by atoms with Crippen molar-refractivity contribution in [2.45, 2.75) is 31.9 Å². The third-order valence-electron chi connectivity index (χ3n) is 3.28. The van der Waals surface area contributed by atoms with E-state index >= 15 is 0 Å². The Balaban J connectivity index is 1.77. The molecule has 0 saturated carbocycles. The monoisotopic (exact) mass is 252 g/mol. The molecule has 1 fully saturated rings. The van der Waals surface area contributed by atoms with Crippen molar-refractivity contribution in [1.82, 2.24) is 10.2 Å². The molecule has 0 bridgehead atoms. The Bertz CT molecular complexity index is 372. The summed E-state index contributed by atoms with van der Waals surface area (Å²) in [7, 11) is 0. The minimum absolute atomic E-state index is 0.110. The molecule has 2 atom stereocenters. The fraction of sp³-hybridized carbons (Fsp3) is 0.615. The fourth-order valence-electron chi connectivity index (χ4n) is 2.17. The lowest BCUT2D eigenvalue weighted by molar-refractivity contribution is -0.132. The molecule has 1 aromatic heterocycles. The lowest BCUT2D eigenvalue weighted by Gasteiger charge is -2.21. The molecule has 1 aliphatic heterocycles. The SMILES string of the molecule is CC(NCC(O)c1ccco1)C(=O)N1CCCC1. The zero-order chi connectivity index (χ0) is 13.0. The molecule has 2 unspecified atom stereocenters. The Hall–Kier alpha value is -1.33. The van der Waals surface area contributed by atoms with Crippen LogP contribution in [-0.2, 0) is 4.79 Å². The summed E-state index contributed by atoms with van der Waals surface area (Å²) in [5.74, 6) is 0.627. The second kappa shape index (κ2) is 6.02. The Morgan fingerprint density at radius 2 is 2.28 bits per heavy atom. The van der Waals surface area contributed by atoms with E-state index in [0.29, 0.717) is 12.3 Å². The van der Waals surface area contributed by atoms with E-state index in [1.54, 1.807) is 12.1 Å². The highest BCUT2D eigenvalue weighted by Gasteiger charge is 2.23. The fourth-order valence-corrected chi connectivity index (χ4v) is 2.17. The summed E-state index contributed by atoms with van der Waals surface area (Å²) in [5.41, 5.74) is 0. The molecule has 0 aromatic carbocycles. The number of aliphatic hydroxyl groups excluding tert-OH is 1. The average molecular weight is 252 g/mol. The van der Waals surface area contributed by atoms with Crippen molar-refractivity contribution in [3.63, 3.8) is 0 Å². The molecule has 2 heterocycles. The van der Waals surface area contributed by atoms with Gasteiger partial charge in [-0.25, -0.2) is 0 Å². The largest absolute Gasteiger partial charge is 0.467 e. The second-order valence-corrected chi connectivity index (χ2v) is 4.69. The van der Waals surface area contributed by atoms with Gasteiger partial charge in [0.05, 0.1) is 12.3 Å². The van der Waals surface area contributed by atoms with Crippen LogP contribution in [0.2, 0.25) is 0 Å². The van der Waals surface area contributed by atoms with Gasteiger partial charge in [0.25, 0.3) is 0 Å². The van der Waals surface area contributed by atoms with E-state index in [9.17, 15) is 9.90 Å². The first-order chi connectivity index (χ1) is 8.68. The predicted molar refractivity (Wildman–Crippen MR) is 66.9 cm³/mol. The number of likely N-dealkylation sites (tertiary alicyclic amines) is 1. The Labute approximate surface area is 107 Å². The maximum atomic E-state index is 12.0. The number of nitrogens with one attached hydrogen (secondary N) is 1. The van der Waals surface area contributed by atoms with Gasteiger partial charge in [0.15, 0.2) is 0 Å². The van der Waals surface area contributed by atoms with E-state index in [0.717, 1.165) is 25.9 Å². The predicted octanol–water partition coefficient (Wildman–Crippen LogP) is 0.913. The van der Waals surface area contributed by atoms with E-state index in [2.05, 4.69) is 5.32 Å². The number of rotatable bonds is 5. The van der Waals surface area contributed by atoms with Gasteiger partial charge in [-0.1, -0.05) is 0 Å². The smallest absolute Gasteiger partial charge is 0.239 e. The van der Waals surface area contributed by atoms with Crippen molar-refractivity contribution < 1.29 is 14.3 Å². The van der Waals surface area contributed by atoms with Crippen LogP contribution < -0.4 is 5.32 Å².